The largest absolute Gasteiger partial charge is 0.465 e. The molecule has 0 radical (unpaired) electrons. The summed E-state index contributed by atoms with van der Waals surface area (Å²) in [6.07, 6.45) is 50.5. The molecule has 0 bridgehead atoms. The first-order chi connectivity index (χ1) is 32.4. The van der Waals surface area contributed by atoms with Gasteiger partial charge in [-0.25, -0.2) is 4.79 Å². The monoisotopic (exact) mass is 930 g/mol. The number of alkyl carbamates (subject to hydrolysis) is 1. The predicted octanol–water partition coefficient (Wildman–Crippen LogP) is 16.3. The quantitative estimate of drug-likeness (QED) is 0.0278. The van der Waals surface area contributed by atoms with Crippen LogP contribution in [0.3, 0.4) is 0 Å². The SMILES string of the molecule is CCCCC/C=C\C/C=C\CCCCCCCC(=O)OCC(COC(=O)CCCC(=O)OC(CCCCCCCC)CCCCCCCC)COC(=O)NCCCC1CCCCCCCC1. The normalized spacial score (nSPS) is 14.2. The van der Waals surface area contributed by atoms with E-state index >= 15 is 0 Å². The number of nitrogens with one attached hydrogen (secondary N) is 1. The number of hydrogen-bond acceptors (Lipinski definition) is 8. The first kappa shape index (κ1) is 61.2. The second-order valence-corrected chi connectivity index (χ2v) is 19.5. The highest BCUT2D eigenvalue weighted by Crippen LogP contribution is 2.25. The topological polar surface area (TPSA) is 117 Å². The fourth-order valence-corrected chi connectivity index (χ4v) is 8.81. The summed E-state index contributed by atoms with van der Waals surface area (Å²) in [5.74, 6) is -0.752. The second-order valence-electron chi connectivity index (χ2n) is 19.5. The summed E-state index contributed by atoms with van der Waals surface area (Å²) in [6, 6.07) is 0. The number of carbonyl (C=O) groups is 4. The smallest absolute Gasteiger partial charge is 0.407 e. The van der Waals surface area contributed by atoms with Gasteiger partial charge in [-0.2, -0.15) is 0 Å². The maximum Gasteiger partial charge on any atom is 0.407 e. The summed E-state index contributed by atoms with van der Waals surface area (Å²) >= 11 is 0. The highest BCUT2D eigenvalue weighted by atomic mass is 16.6. The van der Waals surface area contributed by atoms with Gasteiger partial charge in [0, 0.05) is 25.8 Å². The summed E-state index contributed by atoms with van der Waals surface area (Å²) in [6.45, 7) is 7.15. The molecule has 0 saturated heterocycles. The van der Waals surface area contributed by atoms with E-state index in [2.05, 4.69) is 50.4 Å². The van der Waals surface area contributed by atoms with E-state index in [9.17, 15) is 19.2 Å². The van der Waals surface area contributed by atoms with Gasteiger partial charge in [0.15, 0.2) is 0 Å². The Labute approximate surface area is 405 Å². The van der Waals surface area contributed by atoms with Crippen LogP contribution >= 0.6 is 0 Å². The maximum atomic E-state index is 12.9. The molecule has 0 aromatic carbocycles. The minimum Gasteiger partial charge on any atom is -0.465 e. The standard InChI is InChI=1S/C57H103NO8/c1-4-7-10-13-16-17-18-19-20-21-22-23-24-31-36-44-54(59)63-48-52(50-65-57(62)58-47-38-41-51-39-32-27-25-26-28-33-40-51)49-64-55(60)45-37-46-56(61)66-53(42-34-29-14-11-8-5-2)43-35-30-15-12-9-6-3/h16-17,19-20,51-53H,4-15,18,21-50H2,1-3H3,(H,58,62)/b17-16-,20-19-. The van der Waals surface area contributed by atoms with Gasteiger partial charge >= 0.3 is 24.0 Å². The molecule has 0 aromatic heterocycles. The third kappa shape index (κ3) is 41.4. The van der Waals surface area contributed by atoms with E-state index in [0.717, 1.165) is 89.4 Å². The molecule has 1 amide bonds. The highest BCUT2D eigenvalue weighted by molar-refractivity contribution is 5.72. The molecule has 1 N–H and O–H groups in total. The van der Waals surface area contributed by atoms with Gasteiger partial charge in [-0.15, -0.1) is 0 Å². The van der Waals surface area contributed by atoms with Crippen molar-refractivity contribution in [1.29, 1.82) is 0 Å². The van der Waals surface area contributed by atoms with Crippen LogP contribution in [0.1, 0.15) is 271 Å². The lowest BCUT2D eigenvalue weighted by molar-refractivity contribution is -0.150. The second kappa shape index (κ2) is 47.2. The van der Waals surface area contributed by atoms with Crippen LogP contribution in [-0.4, -0.2) is 56.5 Å². The van der Waals surface area contributed by atoms with Crippen molar-refractivity contribution in [2.75, 3.05) is 26.4 Å². The Kier molecular flexibility index (Phi) is 43.8. The van der Waals surface area contributed by atoms with Crippen molar-refractivity contribution in [2.24, 2.45) is 11.8 Å². The van der Waals surface area contributed by atoms with Crippen molar-refractivity contribution >= 4 is 24.0 Å². The molecule has 1 fully saturated rings. The number of unbranched alkanes of at least 4 members (excludes halogenated alkanes) is 18. The average molecular weight is 930 g/mol. The van der Waals surface area contributed by atoms with E-state index in [-0.39, 0.29) is 50.7 Å². The zero-order valence-electron chi connectivity index (χ0n) is 43.2. The minimum absolute atomic E-state index is 0.00768. The van der Waals surface area contributed by atoms with E-state index < -0.39 is 18.0 Å². The average Bonchev–Trinajstić information content (AvgIpc) is 3.45. The lowest BCUT2D eigenvalue weighted by Crippen LogP contribution is -2.31. The van der Waals surface area contributed by atoms with E-state index in [1.54, 1.807) is 0 Å². The molecule has 1 aliphatic rings. The lowest BCUT2D eigenvalue weighted by atomic mass is 9.92. The maximum absolute atomic E-state index is 12.9. The van der Waals surface area contributed by atoms with Gasteiger partial charge in [-0.05, 0) is 89.4 Å². The molecule has 1 saturated carbocycles. The first-order valence-corrected chi connectivity index (χ1v) is 28.1. The van der Waals surface area contributed by atoms with Gasteiger partial charge in [-0.3, -0.25) is 14.4 Å². The Morgan fingerprint density at radius 3 is 1.53 bits per heavy atom. The van der Waals surface area contributed by atoms with Gasteiger partial charge in [0.2, 0.25) is 0 Å². The van der Waals surface area contributed by atoms with Crippen LogP contribution in [0.25, 0.3) is 0 Å². The first-order valence-electron chi connectivity index (χ1n) is 28.1. The summed E-state index contributed by atoms with van der Waals surface area (Å²) in [5, 5.41) is 2.89. The molecule has 9 heteroatoms. The Bertz CT molecular complexity index is 1180. The van der Waals surface area contributed by atoms with Gasteiger partial charge in [0.05, 0.1) is 5.92 Å². The number of carbonyl (C=O) groups excluding carboxylic acids is 4. The summed E-state index contributed by atoms with van der Waals surface area (Å²) < 4.78 is 22.7. The van der Waals surface area contributed by atoms with E-state index in [1.165, 1.54) is 141 Å². The Morgan fingerprint density at radius 1 is 0.485 bits per heavy atom. The number of esters is 3. The van der Waals surface area contributed by atoms with Crippen LogP contribution in [0.2, 0.25) is 0 Å². The van der Waals surface area contributed by atoms with E-state index in [1.807, 2.05) is 0 Å². The predicted molar refractivity (Wildman–Crippen MR) is 273 cm³/mol. The molecule has 1 rings (SSSR count). The molecular weight excluding hydrogens is 827 g/mol. The Morgan fingerprint density at radius 2 is 0.939 bits per heavy atom. The van der Waals surface area contributed by atoms with Gasteiger partial charge in [0.1, 0.15) is 25.9 Å². The van der Waals surface area contributed by atoms with Gasteiger partial charge in [0.25, 0.3) is 0 Å². The lowest BCUT2D eigenvalue weighted by Gasteiger charge is -2.19. The van der Waals surface area contributed by atoms with Crippen LogP contribution in [-0.2, 0) is 33.3 Å². The number of allylic oxidation sites excluding steroid dienone is 4. The molecular formula is C57H103NO8. The molecule has 0 heterocycles. The summed E-state index contributed by atoms with van der Waals surface area (Å²) in [7, 11) is 0. The number of rotatable bonds is 43. The van der Waals surface area contributed by atoms with Crippen LogP contribution < -0.4 is 5.32 Å². The Hall–Kier alpha value is -2.84. The van der Waals surface area contributed by atoms with Crippen molar-refractivity contribution in [3.05, 3.63) is 24.3 Å². The van der Waals surface area contributed by atoms with Crippen LogP contribution in [0.4, 0.5) is 4.79 Å². The zero-order chi connectivity index (χ0) is 47.8. The molecule has 1 unspecified atom stereocenters. The molecule has 0 aliphatic heterocycles. The van der Waals surface area contributed by atoms with Crippen LogP contribution in [0.5, 0.6) is 0 Å². The highest BCUT2D eigenvalue weighted by Gasteiger charge is 2.20. The minimum atomic E-state index is -0.512. The third-order valence-corrected chi connectivity index (χ3v) is 13.1. The molecule has 0 spiro atoms. The van der Waals surface area contributed by atoms with E-state index in [4.69, 9.17) is 18.9 Å². The van der Waals surface area contributed by atoms with Crippen molar-refractivity contribution in [3.8, 4) is 0 Å². The number of hydrogen-bond donors (Lipinski definition) is 1. The van der Waals surface area contributed by atoms with Crippen LogP contribution in [0.15, 0.2) is 24.3 Å². The van der Waals surface area contributed by atoms with Gasteiger partial charge in [-0.1, -0.05) is 193 Å². The summed E-state index contributed by atoms with van der Waals surface area (Å²) in [5.41, 5.74) is 0. The fourth-order valence-electron chi connectivity index (χ4n) is 8.81. The molecule has 1 atom stereocenters. The molecule has 384 valence electrons. The van der Waals surface area contributed by atoms with Crippen LogP contribution in [0, 0.1) is 11.8 Å². The third-order valence-electron chi connectivity index (χ3n) is 13.1. The molecule has 9 nitrogen and oxygen atoms in total. The van der Waals surface area contributed by atoms with Crippen molar-refractivity contribution in [3.63, 3.8) is 0 Å². The van der Waals surface area contributed by atoms with Crippen molar-refractivity contribution < 1.29 is 38.1 Å². The molecule has 66 heavy (non-hydrogen) atoms. The van der Waals surface area contributed by atoms with E-state index in [0.29, 0.717) is 19.4 Å². The summed E-state index contributed by atoms with van der Waals surface area (Å²) in [4.78, 5) is 51.2. The number of ether oxygens (including phenoxy) is 4. The molecule has 0 aromatic rings. The van der Waals surface area contributed by atoms with Crippen molar-refractivity contribution in [2.45, 2.75) is 277 Å². The fraction of sp³-hybridized carbons (Fsp3) is 0.860. The molecule has 1 aliphatic carbocycles. The number of amides is 1. The van der Waals surface area contributed by atoms with Crippen molar-refractivity contribution in [1.82, 2.24) is 5.32 Å². The van der Waals surface area contributed by atoms with Gasteiger partial charge < -0.3 is 24.3 Å². The zero-order valence-corrected chi connectivity index (χ0v) is 43.2. The Balaban J connectivity index is 2.53.